The predicted molar refractivity (Wildman–Crippen MR) is 372 cm³/mol. The molecule has 19 heteroatoms. The molecule has 0 radical (unpaired) electrons. The molecule has 0 saturated heterocycles. The highest BCUT2D eigenvalue weighted by Gasteiger charge is 2.30. The second kappa shape index (κ2) is 65.0. The molecule has 0 saturated carbocycles. The number of ether oxygens (including phenoxy) is 4. The molecule has 0 aliphatic carbocycles. The van der Waals surface area contributed by atoms with Crippen LogP contribution in [0.2, 0.25) is 0 Å². The first-order valence-electron chi connectivity index (χ1n) is 38.0. The van der Waals surface area contributed by atoms with Crippen LogP contribution < -0.4 is 0 Å². The van der Waals surface area contributed by atoms with Gasteiger partial charge in [0, 0.05) is 25.7 Å². The summed E-state index contributed by atoms with van der Waals surface area (Å²) in [4.78, 5) is 72.6. The largest absolute Gasteiger partial charge is 0.472 e. The maximum atomic E-state index is 13.1. The normalized spacial score (nSPS) is 14.1. The van der Waals surface area contributed by atoms with Crippen molar-refractivity contribution in [3.8, 4) is 0 Å². The Morgan fingerprint density at radius 3 is 0.739 bits per heavy atom. The first-order valence-corrected chi connectivity index (χ1v) is 41.0. The fraction of sp³-hybridized carbons (Fsp3) is 0.945. The van der Waals surface area contributed by atoms with E-state index < -0.39 is 97.5 Å². The first kappa shape index (κ1) is 90.1. The lowest BCUT2D eigenvalue weighted by Crippen LogP contribution is -2.30. The molecule has 0 rings (SSSR count). The van der Waals surface area contributed by atoms with Crippen molar-refractivity contribution < 1.29 is 80.2 Å². The third kappa shape index (κ3) is 66.7. The molecule has 17 nitrogen and oxygen atoms in total. The molecule has 546 valence electrons. The summed E-state index contributed by atoms with van der Waals surface area (Å²) in [5.41, 5.74) is 0. The Bertz CT molecular complexity index is 1790. The van der Waals surface area contributed by atoms with Gasteiger partial charge in [0.1, 0.15) is 19.3 Å². The van der Waals surface area contributed by atoms with Crippen molar-refractivity contribution in [3.63, 3.8) is 0 Å². The van der Waals surface area contributed by atoms with E-state index in [1.165, 1.54) is 186 Å². The Hall–Kier alpha value is -1.94. The van der Waals surface area contributed by atoms with Gasteiger partial charge in [0.15, 0.2) is 12.2 Å². The number of rotatable bonds is 72. The average molecular weight is 1350 g/mol. The number of hydrogen-bond acceptors (Lipinski definition) is 15. The minimum atomic E-state index is -4.95. The smallest absolute Gasteiger partial charge is 0.462 e. The van der Waals surface area contributed by atoms with E-state index in [4.69, 9.17) is 37.0 Å². The SMILES string of the molecule is CCCCCCCCCCCCCCCCCCCCC(=O)O[C@H](COC(=O)CCCCCCCCCCCCCC(C)C)COP(=O)(O)OC[C@@H](O)COP(=O)(O)OC[C@@H](COC(=O)CCCCCCCCCC)OC(=O)CCCCCCCCCCCC(C)C. The maximum Gasteiger partial charge on any atom is 0.472 e. The highest BCUT2D eigenvalue weighted by molar-refractivity contribution is 7.47. The average Bonchev–Trinajstić information content (AvgIpc) is 1.56. The standard InChI is InChI=1S/C73H142O17P2/c1-7-9-11-13-15-17-18-19-20-21-22-23-24-27-33-39-45-51-57-72(77)89-69(62-84-71(76)56-50-44-38-32-28-25-26-30-35-41-47-53-65(3)4)64-88-92(81,82)86-60-67(74)59-85-91(79,80)87-63-68(61-83-70(75)55-49-43-37-16-14-12-10-8-2)90-73(78)58-52-46-40-34-29-31-36-42-48-54-66(5)6/h65-69,74H,7-64H2,1-6H3,(H,79,80)(H,81,82)/t67-,68+,69+/m0/s1. The molecule has 2 unspecified atom stereocenters. The third-order valence-corrected chi connectivity index (χ3v) is 18.9. The molecule has 0 aromatic rings. The van der Waals surface area contributed by atoms with Gasteiger partial charge < -0.3 is 33.8 Å². The fourth-order valence-corrected chi connectivity index (χ4v) is 12.7. The molecule has 0 aliphatic rings. The van der Waals surface area contributed by atoms with Crippen LogP contribution >= 0.6 is 15.6 Å². The second-order valence-electron chi connectivity index (χ2n) is 27.3. The van der Waals surface area contributed by atoms with Crippen LogP contribution in [-0.4, -0.2) is 96.7 Å². The molecular weight excluding hydrogens is 1210 g/mol. The van der Waals surface area contributed by atoms with Crippen LogP contribution in [0.5, 0.6) is 0 Å². The number of phosphoric acid groups is 2. The number of phosphoric ester groups is 2. The molecule has 3 N–H and O–H groups in total. The zero-order valence-electron chi connectivity index (χ0n) is 59.9. The summed E-state index contributed by atoms with van der Waals surface area (Å²) < 4.78 is 68.3. The van der Waals surface area contributed by atoms with E-state index in [1.807, 2.05) is 0 Å². The summed E-state index contributed by atoms with van der Waals surface area (Å²) in [5, 5.41) is 10.6. The Morgan fingerprint density at radius 2 is 0.500 bits per heavy atom. The van der Waals surface area contributed by atoms with Crippen LogP contribution in [0.25, 0.3) is 0 Å². The van der Waals surface area contributed by atoms with E-state index in [2.05, 4.69) is 41.5 Å². The van der Waals surface area contributed by atoms with Crippen molar-refractivity contribution in [2.24, 2.45) is 11.8 Å². The van der Waals surface area contributed by atoms with Crippen LogP contribution in [0.4, 0.5) is 0 Å². The van der Waals surface area contributed by atoms with Gasteiger partial charge >= 0.3 is 39.5 Å². The molecule has 0 aromatic carbocycles. The molecule has 0 bridgehead atoms. The number of aliphatic hydroxyl groups is 1. The van der Waals surface area contributed by atoms with Crippen LogP contribution in [0.1, 0.15) is 375 Å². The molecular formula is C73H142O17P2. The van der Waals surface area contributed by atoms with E-state index >= 15 is 0 Å². The fourth-order valence-electron chi connectivity index (χ4n) is 11.1. The summed E-state index contributed by atoms with van der Waals surface area (Å²) in [6, 6.07) is 0. The number of carbonyl (C=O) groups is 4. The summed E-state index contributed by atoms with van der Waals surface area (Å²) in [6.07, 6.45) is 51.4. The number of aliphatic hydroxyl groups excluding tert-OH is 1. The number of unbranched alkanes of at least 4 members (excludes halogenated alkanes) is 42. The predicted octanol–water partition coefficient (Wildman–Crippen LogP) is 21.2. The Labute approximate surface area is 562 Å². The van der Waals surface area contributed by atoms with Gasteiger partial charge in [-0.2, -0.15) is 0 Å². The van der Waals surface area contributed by atoms with Crippen LogP contribution in [0, 0.1) is 11.8 Å². The van der Waals surface area contributed by atoms with E-state index in [0.717, 1.165) is 108 Å². The van der Waals surface area contributed by atoms with E-state index in [9.17, 15) is 43.2 Å². The molecule has 0 heterocycles. The summed E-state index contributed by atoms with van der Waals surface area (Å²) in [5.74, 6) is -0.615. The van der Waals surface area contributed by atoms with Gasteiger partial charge in [-0.1, -0.05) is 324 Å². The van der Waals surface area contributed by atoms with E-state index in [1.54, 1.807) is 0 Å². The van der Waals surface area contributed by atoms with Gasteiger partial charge in [0.05, 0.1) is 26.4 Å². The Morgan fingerprint density at radius 1 is 0.293 bits per heavy atom. The van der Waals surface area contributed by atoms with Gasteiger partial charge in [-0.25, -0.2) is 9.13 Å². The summed E-state index contributed by atoms with van der Waals surface area (Å²) >= 11 is 0. The first-order chi connectivity index (χ1) is 44.4. The van der Waals surface area contributed by atoms with Crippen LogP contribution in [0.15, 0.2) is 0 Å². The summed E-state index contributed by atoms with van der Waals surface area (Å²) in [7, 11) is -9.90. The molecule has 92 heavy (non-hydrogen) atoms. The number of carbonyl (C=O) groups excluding carboxylic acids is 4. The van der Waals surface area contributed by atoms with Crippen molar-refractivity contribution in [2.45, 2.75) is 394 Å². The zero-order valence-corrected chi connectivity index (χ0v) is 61.6. The van der Waals surface area contributed by atoms with Crippen molar-refractivity contribution in [1.29, 1.82) is 0 Å². The summed E-state index contributed by atoms with van der Waals surface area (Å²) in [6.45, 7) is 9.53. The van der Waals surface area contributed by atoms with E-state index in [-0.39, 0.29) is 25.7 Å². The topological polar surface area (TPSA) is 237 Å². The third-order valence-electron chi connectivity index (χ3n) is 17.0. The maximum absolute atomic E-state index is 13.1. The van der Waals surface area contributed by atoms with Gasteiger partial charge in [-0.05, 0) is 37.5 Å². The van der Waals surface area contributed by atoms with E-state index in [0.29, 0.717) is 25.7 Å². The van der Waals surface area contributed by atoms with Crippen molar-refractivity contribution in [2.75, 3.05) is 39.6 Å². The van der Waals surface area contributed by atoms with Crippen molar-refractivity contribution >= 4 is 39.5 Å². The molecule has 0 aliphatic heterocycles. The minimum absolute atomic E-state index is 0.105. The second-order valence-corrected chi connectivity index (χ2v) is 30.2. The highest BCUT2D eigenvalue weighted by atomic mass is 31.2. The van der Waals surface area contributed by atoms with Crippen LogP contribution in [0.3, 0.4) is 0 Å². The Balaban J connectivity index is 5.21. The van der Waals surface area contributed by atoms with Gasteiger partial charge in [-0.15, -0.1) is 0 Å². The van der Waals surface area contributed by atoms with Gasteiger partial charge in [-0.3, -0.25) is 37.3 Å². The highest BCUT2D eigenvalue weighted by Crippen LogP contribution is 2.45. The van der Waals surface area contributed by atoms with Gasteiger partial charge in [0.25, 0.3) is 0 Å². The Kier molecular flexibility index (Phi) is 63.7. The number of hydrogen-bond donors (Lipinski definition) is 3. The lowest BCUT2D eigenvalue weighted by atomic mass is 10.0. The van der Waals surface area contributed by atoms with Crippen LogP contribution in [-0.2, 0) is 65.4 Å². The monoisotopic (exact) mass is 1350 g/mol. The zero-order chi connectivity index (χ0) is 67.9. The lowest BCUT2D eigenvalue weighted by Gasteiger charge is -2.21. The molecule has 0 amide bonds. The van der Waals surface area contributed by atoms with Crippen molar-refractivity contribution in [3.05, 3.63) is 0 Å². The molecule has 5 atom stereocenters. The molecule has 0 aromatic heterocycles. The van der Waals surface area contributed by atoms with Gasteiger partial charge in [0.2, 0.25) is 0 Å². The molecule has 0 fully saturated rings. The number of esters is 4. The molecule has 0 spiro atoms. The lowest BCUT2D eigenvalue weighted by molar-refractivity contribution is -0.161. The van der Waals surface area contributed by atoms with Crippen molar-refractivity contribution in [1.82, 2.24) is 0 Å². The minimum Gasteiger partial charge on any atom is -0.462 e. The quantitative estimate of drug-likeness (QED) is 0.0222.